The van der Waals surface area contributed by atoms with Crippen molar-refractivity contribution in [3.8, 4) is 0 Å². The molecule has 0 aliphatic carbocycles. The van der Waals surface area contributed by atoms with Gasteiger partial charge in [0.1, 0.15) is 11.6 Å². The SMILES string of the molecule is CCOCCCNc1nc(NC)c(Cl)cc1Cl. The molecule has 0 saturated carbocycles. The summed E-state index contributed by atoms with van der Waals surface area (Å²) in [4.78, 5) is 4.28. The summed E-state index contributed by atoms with van der Waals surface area (Å²) in [5, 5.41) is 7.09. The maximum atomic E-state index is 6.03. The average molecular weight is 278 g/mol. The van der Waals surface area contributed by atoms with E-state index in [1.165, 1.54) is 0 Å². The van der Waals surface area contributed by atoms with Gasteiger partial charge in [0, 0.05) is 26.8 Å². The molecule has 0 radical (unpaired) electrons. The van der Waals surface area contributed by atoms with Gasteiger partial charge in [-0.05, 0) is 19.4 Å². The van der Waals surface area contributed by atoms with Gasteiger partial charge in [0.2, 0.25) is 0 Å². The van der Waals surface area contributed by atoms with Crippen molar-refractivity contribution in [2.24, 2.45) is 0 Å². The van der Waals surface area contributed by atoms with Crippen LogP contribution in [-0.2, 0) is 4.74 Å². The molecule has 0 amide bonds. The summed E-state index contributed by atoms with van der Waals surface area (Å²) < 4.78 is 5.24. The first kappa shape index (κ1) is 14.4. The molecule has 1 aromatic rings. The fraction of sp³-hybridized carbons (Fsp3) is 0.545. The van der Waals surface area contributed by atoms with Gasteiger partial charge in [0.05, 0.1) is 10.0 Å². The van der Waals surface area contributed by atoms with Crippen molar-refractivity contribution in [1.82, 2.24) is 4.98 Å². The Bertz CT molecular complexity index is 361. The third-order valence-electron chi connectivity index (χ3n) is 2.13. The number of anilines is 2. The van der Waals surface area contributed by atoms with Crippen LogP contribution in [0.5, 0.6) is 0 Å². The van der Waals surface area contributed by atoms with Gasteiger partial charge in [-0.1, -0.05) is 23.2 Å². The highest BCUT2D eigenvalue weighted by Gasteiger charge is 2.07. The quantitative estimate of drug-likeness (QED) is 0.751. The monoisotopic (exact) mass is 277 g/mol. The summed E-state index contributed by atoms with van der Waals surface area (Å²) in [5.41, 5.74) is 0. The maximum Gasteiger partial charge on any atom is 0.147 e. The smallest absolute Gasteiger partial charge is 0.147 e. The number of ether oxygens (including phenoxy) is 1. The normalized spacial score (nSPS) is 10.4. The molecule has 0 aliphatic rings. The van der Waals surface area contributed by atoms with Gasteiger partial charge in [0.15, 0.2) is 0 Å². The van der Waals surface area contributed by atoms with E-state index in [-0.39, 0.29) is 0 Å². The van der Waals surface area contributed by atoms with E-state index < -0.39 is 0 Å². The minimum atomic E-state index is 0.511. The third-order valence-corrected chi connectivity index (χ3v) is 2.70. The van der Waals surface area contributed by atoms with Gasteiger partial charge in [-0.25, -0.2) is 4.98 Å². The molecule has 0 unspecified atom stereocenters. The number of pyridine rings is 1. The van der Waals surface area contributed by atoms with Crippen LogP contribution in [0.4, 0.5) is 11.6 Å². The Balaban J connectivity index is 2.52. The fourth-order valence-electron chi connectivity index (χ4n) is 1.29. The Kier molecular flexibility index (Phi) is 6.40. The largest absolute Gasteiger partial charge is 0.382 e. The van der Waals surface area contributed by atoms with E-state index >= 15 is 0 Å². The lowest BCUT2D eigenvalue weighted by atomic mass is 10.4. The molecular formula is C11H17Cl2N3O. The van der Waals surface area contributed by atoms with Crippen molar-refractivity contribution in [3.63, 3.8) is 0 Å². The summed E-state index contributed by atoms with van der Waals surface area (Å²) in [5.74, 6) is 1.25. The summed E-state index contributed by atoms with van der Waals surface area (Å²) >= 11 is 12.0. The van der Waals surface area contributed by atoms with Crippen molar-refractivity contribution in [2.75, 3.05) is 37.4 Å². The molecule has 17 heavy (non-hydrogen) atoms. The highest BCUT2D eigenvalue weighted by atomic mass is 35.5. The van der Waals surface area contributed by atoms with Crippen molar-refractivity contribution in [2.45, 2.75) is 13.3 Å². The first-order valence-electron chi connectivity index (χ1n) is 5.54. The van der Waals surface area contributed by atoms with Crippen LogP contribution in [0.25, 0.3) is 0 Å². The minimum absolute atomic E-state index is 0.511. The van der Waals surface area contributed by atoms with E-state index in [4.69, 9.17) is 27.9 Å². The molecule has 6 heteroatoms. The Labute approximate surface area is 112 Å². The Morgan fingerprint density at radius 1 is 1.29 bits per heavy atom. The van der Waals surface area contributed by atoms with Crippen LogP contribution in [0.2, 0.25) is 10.0 Å². The molecule has 1 heterocycles. The molecule has 1 aromatic heterocycles. The van der Waals surface area contributed by atoms with Gasteiger partial charge in [-0.2, -0.15) is 0 Å². The Morgan fingerprint density at radius 2 is 2.00 bits per heavy atom. The zero-order chi connectivity index (χ0) is 12.7. The highest BCUT2D eigenvalue weighted by molar-refractivity contribution is 6.37. The molecule has 2 N–H and O–H groups in total. The highest BCUT2D eigenvalue weighted by Crippen LogP contribution is 2.28. The van der Waals surface area contributed by atoms with Crippen molar-refractivity contribution < 1.29 is 4.74 Å². The molecular weight excluding hydrogens is 261 g/mol. The summed E-state index contributed by atoms with van der Waals surface area (Å²) in [7, 11) is 1.76. The minimum Gasteiger partial charge on any atom is -0.382 e. The second kappa shape index (κ2) is 7.58. The predicted molar refractivity (Wildman–Crippen MR) is 73.4 cm³/mol. The van der Waals surface area contributed by atoms with Gasteiger partial charge in [0.25, 0.3) is 0 Å². The van der Waals surface area contributed by atoms with Crippen LogP contribution < -0.4 is 10.6 Å². The van der Waals surface area contributed by atoms with Crippen LogP contribution in [-0.4, -0.2) is 31.8 Å². The number of rotatable bonds is 7. The summed E-state index contributed by atoms with van der Waals surface area (Å²) in [6.07, 6.45) is 0.906. The van der Waals surface area contributed by atoms with Crippen LogP contribution in [0.15, 0.2) is 6.07 Å². The van der Waals surface area contributed by atoms with Gasteiger partial charge < -0.3 is 15.4 Å². The molecule has 0 atom stereocenters. The standard InChI is InChI=1S/C11H17Cl2N3O/c1-3-17-6-4-5-15-11-9(13)7-8(12)10(14-2)16-11/h7H,3-6H2,1-2H3,(H2,14,15,16). The molecule has 0 bridgehead atoms. The number of hydrogen-bond donors (Lipinski definition) is 2. The lowest BCUT2D eigenvalue weighted by Gasteiger charge is -2.10. The summed E-state index contributed by atoms with van der Waals surface area (Å²) in [6, 6.07) is 1.67. The number of halogens is 2. The molecule has 0 saturated heterocycles. The van der Waals surface area contributed by atoms with Crippen molar-refractivity contribution in [3.05, 3.63) is 16.1 Å². The topological polar surface area (TPSA) is 46.2 Å². The maximum absolute atomic E-state index is 6.03. The second-order valence-corrected chi connectivity index (χ2v) is 4.19. The van der Waals surface area contributed by atoms with Crippen LogP contribution in [0, 0.1) is 0 Å². The van der Waals surface area contributed by atoms with Crippen LogP contribution in [0.1, 0.15) is 13.3 Å². The van der Waals surface area contributed by atoms with Crippen LogP contribution >= 0.6 is 23.2 Å². The number of aromatic nitrogens is 1. The number of hydrogen-bond acceptors (Lipinski definition) is 4. The van der Waals surface area contributed by atoms with Gasteiger partial charge in [-0.3, -0.25) is 0 Å². The van der Waals surface area contributed by atoms with Crippen LogP contribution in [0.3, 0.4) is 0 Å². The third kappa shape index (κ3) is 4.58. The van der Waals surface area contributed by atoms with E-state index in [0.717, 1.165) is 26.2 Å². The Morgan fingerprint density at radius 3 is 2.65 bits per heavy atom. The molecule has 0 aromatic carbocycles. The van der Waals surface area contributed by atoms with Gasteiger partial charge in [-0.15, -0.1) is 0 Å². The van der Waals surface area contributed by atoms with E-state index in [1.54, 1.807) is 13.1 Å². The predicted octanol–water partition coefficient (Wildman–Crippen LogP) is 3.27. The van der Waals surface area contributed by atoms with Crippen molar-refractivity contribution >= 4 is 34.8 Å². The van der Waals surface area contributed by atoms with E-state index in [2.05, 4.69) is 15.6 Å². The number of nitrogens with zero attached hydrogens (tertiary/aromatic N) is 1. The van der Waals surface area contributed by atoms with E-state index in [1.807, 2.05) is 6.92 Å². The lowest BCUT2D eigenvalue weighted by Crippen LogP contribution is -2.08. The zero-order valence-electron chi connectivity index (χ0n) is 10.0. The van der Waals surface area contributed by atoms with Crippen molar-refractivity contribution in [1.29, 1.82) is 0 Å². The van der Waals surface area contributed by atoms with Gasteiger partial charge >= 0.3 is 0 Å². The zero-order valence-corrected chi connectivity index (χ0v) is 11.5. The lowest BCUT2D eigenvalue weighted by molar-refractivity contribution is 0.147. The first-order chi connectivity index (χ1) is 8.19. The average Bonchev–Trinajstić information content (AvgIpc) is 2.31. The Hall–Kier alpha value is -0.710. The molecule has 1 rings (SSSR count). The first-order valence-corrected chi connectivity index (χ1v) is 6.30. The number of nitrogens with one attached hydrogen (secondary N) is 2. The second-order valence-electron chi connectivity index (χ2n) is 3.38. The fourth-order valence-corrected chi connectivity index (χ4v) is 1.81. The molecule has 0 fully saturated rings. The van der Waals surface area contributed by atoms with E-state index in [0.29, 0.717) is 21.7 Å². The molecule has 0 aliphatic heterocycles. The summed E-state index contributed by atoms with van der Waals surface area (Å²) in [6.45, 7) is 4.21. The molecule has 4 nitrogen and oxygen atoms in total. The molecule has 0 spiro atoms. The van der Waals surface area contributed by atoms with E-state index in [9.17, 15) is 0 Å². The molecule has 96 valence electrons.